The van der Waals surface area contributed by atoms with Gasteiger partial charge in [0.15, 0.2) is 0 Å². The van der Waals surface area contributed by atoms with Crippen LogP contribution in [0.15, 0.2) is 64.3 Å². The largest absolute Gasteiger partial charge is 0.375 e. The van der Waals surface area contributed by atoms with E-state index in [1.54, 1.807) is 18.3 Å². The van der Waals surface area contributed by atoms with Gasteiger partial charge in [-0.1, -0.05) is 35.1 Å². The Morgan fingerprint density at radius 1 is 1.21 bits per heavy atom. The van der Waals surface area contributed by atoms with E-state index >= 15 is 0 Å². The smallest absolute Gasteiger partial charge is 0.254 e. The molecular formula is C21H24N4O2S. The molecule has 1 aromatic carbocycles. The molecule has 0 radical (unpaired) electrons. The summed E-state index contributed by atoms with van der Waals surface area (Å²) in [6.07, 6.45) is 2.56. The number of nitrogens with zero attached hydrogens (tertiary/aromatic N) is 3. The lowest BCUT2D eigenvalue weighted by molar-refractivity contribution is 0.0949. The number of benzene rings is 1. The summed E-state index contributed by atoms with van der Waals surface area (Å²) in [7, 11) is 2.05. The van der Waals surface area contributed by atoms with E-state index in [4.69, 9.17) is 4.52 Å². The van der Waals surface area contributed by atoms with E-state index in [0.29, 0.717) is 22.9 Å². The molecule has 0 fully saturated rings. The van der Waals surface area contributed by atoms with Crippen molar-refractivity contribution in [3.63, 3.8) is 0 Å². The number of aromatic nitrogens is 2. The normalized spacial score (nSPS) is 10.6. The van der Waals surface area contributed by atoms with Crippen molar-refractivity contribution in [2.75, 3.05) is 25.0 Å². The summed E-state index contributed by atoms with van der Waals surface area (Å²) in [6, 6.07) is 15.7. The van der Waals surface area contributed by atoms with E-state index in [1.807, 2.05) is 31.2 Å². The molecular weight excluding hydrogens is 372 g/mol. The molecule has 0 atom stereocenters. The van der Waals surface area contributed by atoms with E-state index in [1.165, 1.54) is 17.4 Å². The van der Waals surface area contributed by atoms with Crippen molar-refractivity contribution in [2.24, 2.45) is 0 Å². The first-order chi connectivity index (χ1) is 13.6. The molecule has 0 spiro atoms. The van der Waals surface area contributed by atoms with Crippen LogP contribution in [0.1, 0.15) is 28.2 Å². The van der Waals surface area contributed by atoms with Gasteiger partial charge in [-0.3, -0.25) is 4.79 Å². The zero-order valence-electron chi connectivity index (χ0n) is 16.1. The van der Waals surface area contributed by atoms with Gasteiger partial charge in [0.05, 0.1) is 11.3 Å². The summed E-state index contributed by atoms with van der Waals surface area (Å²) in [5.41, 5.74) is 2.59. The fraction of sp³-hybridized carbons (Fsp3) is 0.286. The molecule has 6 nitrogen and oxygen atoms in total. The van der Waals surface area contributed by atoms with Crippen LogP contribution in [0.3, 0.4) is 0 Å². The molecule has 0 aliphatic heterocycles. The highest BCUT2D eigenvalue weighted by Crippen LogP contribution is 2.24. The van der Waals surface area contributed by atoms with Crippen LogP contribution in [0.2, 0.25) is 0 Å². The average molecular weight is 397 g/mol. The molecule has 0 aliphatic rings. The lowest BCUT2D eigenvalue weighted by atomic mass is 10.2. The van der Waals surface area contributed by atoms with Gasteiger partial charge >= 0.3 is 0 Å². The van der Waals surface area contributed by atoms with Crippen LogP contribution in [0.25, 0.3) is 0 Å². The number of hydrogen-bond donors (Lipinski definition) is 1. The van der Waals surface area contributed by atoms with Crippen LogP contribution in [-0.4, -0.2) is 36.2 Å². The Bertz CT molecular complexity index is 898. The Labute approximate surface area is 169 Å². The Morgan fingerprint density at radius 2 is 2.04 bits per heavy atom. The average Bonchev–Trinajstić information content (AvgIpc) is 3.15. The highest BCUT2D eigenvalue weighted by Gasteiger charge is 2.13. The second-order valence-electron chi connectivity index (χ2n) is 6.44. The van der Waals surface area contributed by atoms with Crippen LogP contribution in [0.4, 0.5) is 5.69 Å². The lowest BCUT2D eigenvalue weighted by Gasteiger charge is -2.19. The third-order valence-corrected chi connectivity index (χ3v) is 5.24. The quantitative estimate of drug-likeness (QED) is 0.437. The number of hydrogen-bond acceptors (Lipinski definition) is 6. The van der Waals surface area contributed by atoms with Crippen LogP contribution in [0, 0.1) is 6.92 Å². The van der Waals surface area contributed by atoms with Crippen molar-refractivity contribution >= 4 is 23.4 Å². The van der Waals surface area contributed by atoms with E-state index < -0.39 is 0 Å². The highest BCUT2D eigenvalue weighted by molar-refractivity contribution is 7.98. The monoisotopic (exact) mass is 396 g/mol. The van der Waals surface area contributed by atoms with Gasteiger partial charge < -0.3 is 14.7 Å². The number of para-hydroxylation sites is 1. The molecule has 0 saturated carbocycles. The maximum atomic E-state index is 12.6. The number of nitrogens with one attached hydrogen (secondary N) is 1. The minimum Gasteiger partial charge on any atom is -0.375 e. The minimum atomic E-state index is -0.103. The summed E-state index contributed by atoms with van der Waals surface area (Å²) in [5.74, 6) is 1.28. The van der Waals surface area contributed by atoms with Gasteiger partial charge in [-0.05, 0) is 37.6 Å². The van der Waals surface area contributed by atoms with Crippen LogP contribution < -0.4 is 10.2 Å². The Morgan fingerprint density at radius 3 is 2.79 bits per heavy atom. The molecule has 0 saturated heterocycles. The molecule has 2 heterocycles. The number of thioether (sulfide) groups is 1. The van der Waals surface area contributed by atoms with Gasteiger partial charge in [0.2, 0.25) is 0 Å². The van der Waals surface area contributed by atoms with Gasteiger partial charge in [-0.15, -0.1) is 0 Å². The van der Waals surface area contributed by atoms with Crippen molar-refractivity contribution in [1.29, 1.82) is 0 Å². The maximum Gasteiger partial charge on any atom is 0.254 e. The molecule has 1 amide bonds. The number of amides is 1. The Hall–Kier alpha value is -2.80. The zero-order valence-corrected chi connectivity index (χ0v) is 16.9. The van der Waals surface area contributed by atoms with Crippen LogP contribution >= 0.6 is 11.8 Å². The molecule has 2 aromatic heterocycles. The fourth-order valence-electron chi connectivity index (χ4n) is 2.73. The van der Waals surface area contributed by atoms with Gasteiger partial charge in [0.25, 0.3) is 5.91 Å². The predicted octanol–water partition coefficient (Wildman–Crippen LogP) is 3.93. The second kappa shape index (κ2) is 9.94. The Kier molecular flexibility index (Phi) is 7.08. The third kappa shape index (κ3) is 5.60. The topological polar surface area (TPSA) is 71.3 Å². The first-order valence-corrected chi connectivity index (χ1v) is 10.2. The molecule has 146 valence electrons. The maximum absolute atomic E-state index is 12.6. The second-order valence-corrected chi connectivity index (χ2v) is 7.40. The van der Waals surface area contributed by atoms with Crippen molar-refractivity contribution in [1.82, 2.24) is 15.5 Å². The molecule has 0 unspecified atom stereocenters. The van der Waals surface area contributed by atoms with Crippen molar-refractivity contribution in [3.8, 4) is 0 Å². The SMILES string of the molecule is Cc1cc(CSc2ncccc2C(=O)NCCCN(C)c2ccccc2)no1. The number of carbonyl (C=O) groups excluding carboxylic acids is 1. The van der Waals surface area contributed by atoms with Gasteiger partial charge in [-0.2, -0.15) is 0 Å². The standard InChI is InChI=1S/C21H24N4O2S/c1-16-14-17(24-27-16)15-28-21-19(10-6-11-23-21)20(26)22-12-7-13-25(2)18-8-4-3-5-9-18/h3-6,8-11,14H,7,12-13,15H2,1-2H3,(H,22,26). The zero-order chi connectivity index (χ0) is 19.8. The minimum absolute atomic E-state index is 0.103. The summed E-state index contributed by atoms with van der Waals surface area (Å²) in [4.78, 5) is 19.1. The van der Waals surface area contributed by atoms with Crippen LogP contribution in [0.5, 0.6) is 0 Å². The first kappa shape index (κ1) is 19.9. The van der Waals surface area contributed by atoms with E-state index in [2.05, 4.69) is 39.5 Å². The molecule has 3 aromatic rings. The van der Waals surface area contributed by atoms with E-state index in [0.717, 1.165) is 24.4 Å². The number of aryl methyl sites for hydroxylation is 1. The fourth-order valence-corrected chi connectivity index (χ4v) is 3.60. The summed E-state index contributed by atoms with van der Waals surface area (Å²) in [5, 5.41) is 7.67. The van der Waals surface area contributed by atoms with Crippen molar-refractivity contribution in [3.05, 3.63) is 71.7 Å². The number of anilines is 1. The Balaban J connectivity index is 1.49. The summed E-state index contributed by atoms with van der Waals surface area (Å²) < 4.78 is 5.08. The molecule has 1 N–H and O–H groups in total. The molecule has 0 bridgehead atoms. The summed E-state index contributed by atoms with van der Waals surface area (Å²) in [6.45, 7) is 3.33. The van der Waals surface area contributed by atoms with Gasteiger partial charge in [0.1, 0.15) is 10.8 Å². The molecule has 28 heavy (non-hydrogen) atoms. The number of carbonyl (C=O) groups is 1. The van der Waals surface area contributed by atoms with Crippen LogP contribution in [-0.2, 0) is 5.75 Å². The van der Waals surface area contributed by atoms with E-state index in [9.17, 15) is 4.79 Å². The molecule has 0 aliphatic carbocycles. The van der Waals surface area contributed by atoms with Gasteiger partial charge in [-0.25, -0.2) is 4.98 Å². The first-order valence-electron chi connectivity index (χ1n) is 9.18. The molecule has 3 rings (SSSR count). The highest BCUT2D eigenvalue weighted by atomic mass is 32.2. The predicted molar refractivity (Wildman–Crippen MR) is 112 cm³/mol. The molecule has 7 heteroatoms. The van der Waals surface area contributed by atoms with Crippen molar-refractivity contribution in [2.45, 2.75) is 24.1 Å². The van der Waals surface area contributed by atoms with Crippen molar-refractivity contribution < 1.29 is 9.32 Å². The summed E-state index contributed by atoms with van der Waals surface area (Å²) >= 11 is 1.48. The third-order valence-electron chi connectivity index (χ3n) is 4.20. The lowest BCUT2D eigenvalue weighted by Crippen LogP contribution is -2.28. The van der Waals surface area contributed by atoms with Gasteiger partial charge in [0, 0.05) is 43.8 Å². The van der Waals surface area contributed by atoms with E-state index in [-0.39, 0.29) is 5.91 Å². The number of pyridine rings is 1. The number of rotatable bonds is 9.